The van der Waals surface area contributed by atoms with Crippen molar-refractivity contribution in [1.82, 2.24) is 4.98 Å². The fourth-order valence-corrected chi connectivity index (χ4v) is 2.74. The first kappa shape index (κ1) is 13.9. The van der Waals surface area contributed by atoms with Crippen molar-refractivity contribution in [2.24, 2.45) is 0 Å². The van der Waals surface area contributed by atoms with E-state index in [-0.39, 0.29) is 0 Å². The number of benzene rings is 1. The Hall–Kier alpha value is -0.520. The zero-order chi connectivity index (χ0) is 13.1. The van der Waals surface area contributed by atoms with Crippen LogP contribution >= 0.6 is 45.8 Å². The number of ether oxygens (including phenoxy) is 1. The summed E-state index contributed by atoms with van der Waals surface area (Å²) in [5.41, 5.74) is 1.59. The first-order valence-electron chi connectivity index (χ1n) is 5.21. The van der Waals surface area contributed by atoms with Gasteiger partial charge in [0.15, 0.2) is 5.75 Å². The average Bonchev–Trinajstić information content (AvgIpc) is 2.38. The first-order chi connectivity index (χ1) is 8.63. The van der Waals surface area contributed by atoms with E-state index < -0.39 is 0 Å². The van der Waals surface area contributed by atoms with E-state index in [9.17, 15) is 0 Å². The van der Waals surface area contributed by atoms with E-state index in [0.717, 1.165) is 25.8 Å². The monoisotopic (exact) mass is 393 g/mol. The Bertz CT molecular complexity index is 601. The molecule has 0 aliphatic rings. The molecule has 0 aliphatic carbocycles. The minimum atomic E-state index is 0.382. The van der Waals surface area contributed by atoms with E-state index in [1.807, 2.05) is 18.2 Å². The van der Waals surface area contributed by atoms with Crippen LogP contribution in [0.15, 0.2) is 36.5 Å². The van der Waals surface area contributed by atoms with Crippen molar-refractivity contribution >= 4 is 56.7 Å². The molecule has 0 atom stereocenters. The third-order valence-electron chi connectivity index (χ3n) is 2.36. The van der Waals surface area contributed by atoms with Gasteiger partial charge in [0.05, 0.1) is 8.59 Å². The molecule has 0 spiro atoms. The third kappa shape index (κ3) is 2.90. The molecule has 5 heteroatoms. The lowest BCUT2D eigenvalue weighted by molar-refractivity contribution is 0.354. The van der Waals surface area contributed by atoms with Gasteiger partial charge in [-0.2, -0.15) is 0 Å². The highest BCUT2D eigenvalue weighted by molar-refractivity contribution is 14.1. The molecule has 1 aromatic carbocycles. The van der Waals surface area contributed by atoms with E-state index in [0.29, 0.717) is 17.5 Å². The minimum absolute atomic E-state index is 0.382. The van der Waals surface area contributed by atoms with Gasteiger partial charge in [0, 0.05) is 17.5 Å². The molecule has 0 saturated carbocycles. The standard InChI is InChI=1S/C13H10Cl2INO/c1-8(6-14)7-18-13-11(16)5-10(15)9-3-2-4-17-12(9)13/h2-5H,1,6-7H2. The van der Waals surface area contributed by atoms with E-state index in [2.05, 4.69) is 34.2 Å². The fraction of sp³-hybridized carbons (Fsp3) is 0.154. The maximum absolute atomic E-state index is 6.19. The highest BCUT2D eigenvalue weighted by Gasteiger charge is 2.12. The second-order valence-corrected chi connectivity index (χ2v) is 5.58. The number of rotatable bonds is 4. The van der Waals surface area contributed by atoms with Crippen LogP contribution in [0.2, 0.25) is 5.02 Å². The number of pyridine rings is 1. The van der Waals surface area contributed by atoms with Gasteiger partial charge in [0.1, 0.15) is 12.1 Å². The molecule has 0 N–H and O–H groups in total. The number of halogens is 3. The second-order valence-electron chi connectivity index (χ2n) is 3.74. The topological polar surface area (TPSA) is 22.1 Å². The Morgan fingerprint density at radius 2 is 2.28 bits per heavy atom. The highest BCUT2D eigenvalue weighted by atomic mass is 127. The lowest BCUT2D eigenvalue weighted by atomic mass is 10.2. The number of fused-ring (bicyclic) bond motifs is 1. The van der Waals surface area contributed by atoms with Gasteiger partial charge >= 0.3 is 0 Å². The van der Waals surface area contributed by atoms with E-state index >= 15 is 0 Å². The van der Waals surface area contributed by atoms with Crippen LogP contribution in [0.5, 0.6) is 5.75 Å². The van der Waals surface area contributed by atoms with Gasteiger partial charge in [-0.25, -0.2) is 0 Å². The smallest absolute Gasteiger partial charge is 0.159 e. The van der Waals surface area contributed by atoms with Gasteiger partial charge in [-0.1, -0.05) is 18.2 Å². The minimum Gasteiger partial charge on any atom is -0.486 e. The van der Waals surface area contributed by atoms with E-state index in [1.54, 1.807) is 6.20 Å². The molecule has 0 fully saturated rings. The van der Waals surface area contributed by atoms with Gasteiger partial charge in [-0.15, -0.1) is 11.6 Å². The zero-order valence-corrected chi connectivity index (χ0v) is 13.1. The summed E-state index contributed by atoms with van der Waals surface area (Å²) in [5.74, 6) is 1.11. The number of hydrogen-bond acceptors (Lipinski definition) is 2. The Labute approximate surface area is 129 Å². The average molecular weight is 394 g/mol. The Morgan fingerprint density at radius 1 is 1.50 bits per heavy atom. The van der Waals surface area contributed by atoms with Crippen LogP contribution in [0, 0.1) is 3.57 Å². The van der Waals surface area contributed by atoms with Crippen molar-refractivity contribution in [1.29, 1.82) is 0 Å². The van der Waals surface area contributed by atoms with Crippen LogP contribution in [0.4, 0.5) is 0 Å². The number of alkyl halides is 1. The number of hydrogen-bond donors (Lipinski definition) is 0. The molecule has 18 heavy (non-hydrogen) atoms. The molecule has 0 saturated heterocycles. The third-order valence-corrected chi connectivity index (χ3v) is 3.85. The molecule has 0 amide bonds. The zero-order valence-electron chi connectivity index (χ0n) is 9.42. The predicted octanol–water partition coefficient (Wildman–Crippen LogP) is 4.67. The molecule has 94 valence electrons. The van der Waals surface area contributed by atoms with Crippen molar-refractivity contribution in [2.75, 3.05) is 12.5 Å². The van der Waals surface area contributed by atoms with Crippen LogP contribution in [0.25, 0.3) is 10.9 Å². The molecule has 0 aliphatic heterocycles. The van der Waals surface area contributed by atoms with Crippen molar-refractivity contribution in [3.63, 3.8) is 0 Å². The summed E-state index contributed by atoms with van der Waals surface area (Å²) in [6, 6.07) is 5.64. The molecule has 1 heterocycles. The summed E-state index contributed by atoms with van der Waals surface area (Å²) < 4.78 is 6.67. The molecule has 2 aromatic rings. The van der Waals surface area contributed by atoms with E-state index in [4.69, 9.17) is 27.9 Å². The molecule has 0 radical (unpaired) electrons. The summed E-state index contributed by atoms with van der Waals surface area (Å²) in [5, 5.41) is 1.55. The quantitative estimate of drug-likeness (QED) is 0.428. The maximum Gasteiger partial charge on any atom is 0.159 e. The first-order valence-corrected chi connectivity index (χ1v) is 7.20. The summed E-state index contributed by atoms with van der Waals surface area (Å²) in [6.45, 7) is 4.19. The lowest BCUT2D eigenvalue weighted by Gasteiger charge is -2.12. The van der Waals surface area contributed by atoms with Crippen LogP contribution < -0.4 is 4.74 Å². The largest absolute Gasteiger partial charge is 0.486 e. The summed E-state index contributed by atoms with van der Waals surface area (Å²) in [6.07, 6.45) is 1.72. The van der Waals surface area contributed by atoms with Crippen LogP contribution in [0.3, 0.4) is 0 Å². The van der Waals surface area contributed by atoms with Gasteiger partial charge in [-0.3, -0.25) is 4.98 Å². The molecular weight excluding hydrogens is 384 g/mol. The molecule has 0 bridgehead atoms. The van der Waals surface area contributed by atoms with Crippen LogP contribution in [-0.4, -0.2) is 17.5 Å². The molecule has 1 aromatic heterocycles. The normalized spacial score (nSPS) is 10.6. The summed E-state index contributed by atoms with van der Waals surface area (Å²) in [4.78, 5) is 4.33. The van der Waals surface area contributed by atoms with Gasteiger partial charge in [0.25, 0.3) is 0 Å². The van der Waals surface area contributed by atoms with Crippen LogP contribution in [0.1, 0.15) is 0 Å². The molecule has 0 unspecified atom stereocenters. The van der Waals surface area contributed by atoms with Gasteiger partial charge in [-0.05, 0) is 46.4 Å². The number of nitrogens with zero attached hydrogens (tertiary/aromatic N) is 1. The van der Waals surface area contributed by atoms with Crippen molar-refractivity contribution in [3.05, 3.63) is 45.1 Å². The maximum atomic E-state index is 6.19. The molecule has 2 nitrogen and oxygen atoms in total. The molecule has 2 rings (SSSR count). The number of aromatic nitrogens is 1. The highest BCUT2D eigenvalue weighted by Crippen LogP contribution is 2.34. The summed E-state index contributed by atoms with van der Waals surface area (Å²) >= 11 is 14.0. The lowest BCUT2D eigenvalue weighted by Crippen LogP contribution is -2.03. The van der Waals surface area contributed by atoms with Crippen molar-refractivity contribution < 1.29 is 4.74 Å². The van der Waals surface area contributed by atoms with E-state index in [1.165, 1.54) is 0 Å². The van der Waals surface area contributed by atoms with Gasteiger partial charge < -0.3 is 4.74 Å². The van der Waals surface area contributed by atoms with Gasteiger partial charge in [0.2, 0.25) is 0 Å². The Balaban J connectivity index is 2.46. The SMILES string of the molecule is C=C(CCl)COc1c(I)cc(Cl)c2cccnc12. The predicted molar refractivity (Wildman–Crippen MR) is 84.8 cm³/mol. The van der Waals surface area contributed by atoms with Crippen molar-refractivity contribution in [3.8, 4) is 5.75 Å². The Kier molecular flexibility index (Phi) is 4.70. The Morgan fingerprint density at radius 3 is 3.00 bits per heavy atom. The van der Waals surface area contributed by atoms with Crippen molar-refractivity contribution in [2.45, 2.75) is 0 Å². The molecular formula is C13H10Cl2INO. The fourth-order valence-electron chi connectivity index (χ4n) is 1.50. The summed E-state index contributed by atoms with van der Waals surface area (Å²) in [7, 11) is 0. The van der Waals surface area contributed by atoms with Crippen LogP contribution in [-0.2, 0) is 0 Å². The second kappa shape index (κ2) is 6.08.